The molecule has 5 nitrogen and oxygen atoms in total. The molecule has 0 saturated carbocycles. The van der Waals surface area contributed by atoms with E-state index in [0.29, 0.717) is 5.69 Å². The number of carbonyl (C=O) groups excluding carboxylic acids is 1. The molecule has 114 valence electrons. The van der Waals surface area contributed by atoms with Crippen LogP contribution in [0.5, 0.6) is 0 Å². The molecule has 6 heteroatoms. The van der Waals surface area contributed by atoms with E-state index in [4.69, 9.17) is 0 Å². The zero-order valence-corrected chi connectivity index (χ0v) is 13.1. The van der Waals surface area contributed by atoms with E-state index in [2.05, 4.69) is 5.32 Å². The number of hydrogen-bond acceptors (Lipinski definition) is 4. The molecular formula is C16H16N2O3S. The Balaban J connectivity index is 1.97. The molecule has 0 aliphatic carbocycles. The van der Waals surface area contributed by atoms with Crippen molar-refractivity contribution in [2.75, 3.05) is 11.1 Å². The number of nitrogens with zero attached hydrogens (tertiary/aromatic N) is 1. The molecule has 2 aromatic carbocycles. The molecule has 0 saturated heterocycles. The van der Waals surface area contributed by atoms with E-state index in [1.165, 1.54) is 23.9 Å². The van der Waals surface area contributed by atoms with Crippen molar-refractivity contribution in [3.63, 3.8) is 0 Å². The molecule has 0 spiro atoms. The van der Waals surface area contributed by atoms with Gasteiger partial charge in [-0.25, -0.2) is 0 Å². The number of hydrogen-bond donors (Lipinski definition) is 1. The van der Waals surface area contributed by atoms with E-state index in [0.717, 1.165) is 16.0 Å². The fraction of sp³-hybridized carbons (Fsp3) is 0.188. The summed E-state index contributed by atoms with van der Waals surface area (Å²) in [6, 6.07) is 12.0. The van der Waals surface area contributed by atoms with Gasteiger partial charge in [0.1, 0.15) is 0 Å². The van der Waals surface area contributed by atoms with Gasteiger partial charge < -0.3 is 5.32 Å². The zero-order chi connectivity index (χ0) is 16.1. The van der Waals surface area contributed by atoms with Gasteiger partial charge in [-0.1, -0.05) is 23.8 Å². The van der Waals surface area contributed by atoms with E-state index in [1.807, 2.05) is 32.0 Å². The van der Waals surface area contributed by atoms with Crippen molar-refractivity contribution < 1.29 is 9.72 Å². The average molecular weight is 316 g/mol. The quantitative estimate of drug-likeness (QED) is 0.515. The third-order valence-electron chi connectivity index (χ3n) is 3.04. The largest absolute Gasteiger partial charge is 0.325 e. The topological polar surface area (TPSA) is 72.2 Å². The van der Waals surface area contributed by atoms with Gasteiger partial charge >= 0.3 is 0 Å². The lowest BCUT2D eigenvalue weighted by atomic mass is 10.2. The molecule has 0 heterocycles. The first-order valence-electron chi connectivity index (χ1n) is 6.70. The van der Waals surface area contributed by atoms with Crippen LogP contribution in [0, 0.1) is 24.0 Å². The summed E-state index contributed by atoms with van der Waals surface area (Å²) in [6.07, 6.45) is 0. The molecule has 0 aromatic heterocycles. The van der Waals surface area contributed by atoms with Crippen LogP contribution in [0.3, 0.4) is 0 Å². The van der Waals surface area contributed by atoms with Gasteiger partial charge in [0.25, 0.3) is 5.69 Å². The summed E-state index contributed by atoms with van der Waals surface area (Å²) in [5.74, 6) is 0.0684. The van der Waals surface area contributed by atoms with Crippen molar-refractivity contribution in [1.29, 1.82) is 0 Å². The highest BCUT2D eigenvalue weighted by Gasteiger charge is 2.09. The molecule has 0 fully saturated rings. The van der Waals surface area contributed by atoms with Gasteiger partial charge in [0.15, 0.2) is 0 Å². The molecule has 0 radical (unpaired) electrons. The molecule has 22 heavy (non-hydrogen) atoms. The second-order valence-corrected chi connectivity index (χ2v) is 5.93. The van der Waals surface area contributed by atoms with Crippen LogP contribution in [0.15, 0.2) is 47.4 Å². The van der Waals surface area contributed by atoms with Crippen LogP contribution >= 0.6 is 11.8 Å². The Morgan fingerprint density at radius 2 is 2.00 bits per heavy atom. The van der Waals surface area contributed by atoms with Crippen LogP contribution in [0.4, 0.5) is 11.4 Å². The van der Waals surface area contributed by atoms with Crippen LogP contribution in [0.1, 0.15) is 11.1 Å². The van der Waals surface area contributed by atoms with Gasteiger partial charge in [-0.05, 0) is 31.5 Å². The van der Waals surface area contributed by atoms with Crippen LogP contribution in [-0.4, -0.2) is 16.6 Å². The van der Waals surface area contributed by atoms with Crippen molar-refractivity contribution in [1.82, 2.24) is 0 Å². The number of nitro benzene ring substituents is 1. The maximum atomic E-state index is 12.0. The highest BCUT2D eigenvalue weighted by molar-refractivity contribution is 8.00. The Bertz CT molecular complexity index is 716. The van der Waals surface area contributed by atoms with E-state index in [-0.39, 0.29) is 17.3 Å². The lowest BCUT2D eigenvalue weighted by Crippen LogP contribution is -2.14. The molecule has 1 amide bonds. The number of anilines is 1. The smallest absolute Gasteiger partial charge is 0.271 e. The molecule has 0 aliphatic heterocycles. The SMILES string of the molecule is Cc1ccc(C)c(SCC(=O)Nc2cccc([N+](=O)[O-])c2)c1. The number of rotatable bonds is 5. The Kier molecular flexibility index (Phi) is 5.16. The predicted molar refractivity (Wildman–Crippen MR) is 88.4 cm³/mol. The maximum absolute atomic E-state index is 12.0. The lowest BCUT2D eigenvalue weighted by molar-refractivity contribution is -0.384. The second kappa shape index (κ2) is 7.09. The van der Waals surface area contributed by atoms with Gasteiger partial charge in [-0.2, -0.15) is 0 Å². The summed E-state index contributed by atoms with van der Waals surface area (Å²) in [6.45, 7) is 4.01. The number of amides is 1. The maximum Gasteiger partial charge on any atom is 0.271 e. The summed E-state index contributed by atoms with van der Waals surface area (Å²) in [7, 11) is 0. The highest BCUT2D eigenvalue weighted by atomic mass is 32.2. The fourth-order valence-corrected chi connectivity index (χ4v) is 2.82. The van der Waals surface area contributed by atoms with Gasteiger partial charge in [-0.15, -0.1) is 11.8 Å². The van der Waals surface area contributed by atoms with Gasteiger partial charge in [0.05, 0.1) is 10.7 Å². The van der Waals surface area contributed by atoms with Crippen molar-refractivity contribution in [3.8, 4) is 0 Å². The van der Waals surface area contributed by atoms with Gasteiger partial charge in [0, 0.05) is 22.7 Å². The minimum Gasteiger partial charge on any atom is -0.325 e. The van der Waals surface area contributed by atoms with E-state index in [9.17, 15) is 14.9 Å². The molecule has 0 atom stereocenters. The van der Waals surface area contributed by atoms with E-state index in [1.54, 1.807) is 12.1 Å². The van der Waals surface area contributed by atoms with Gasteiger partial charge in [0.2, 0.25) is 5.91 Å². The summed E-state index contributed by atoms with van der Waals surface area (Å²) in [4.78, 5) is 23.2. The first kappa shape index (κ1) is 16.0. The molecule has 0 unspecified atom stereocenters. The van der Waals surface area contributed by atoms with Crippen molar-refractivity contribution in [3.05, 3.63) is 63.7 Å². The summed E-state index contributed by atoms with van der Waals surface area (Å²) in [5.41, 5.74) is 2.66. The molecule has 0 aliphatic rings. The second-order valence-electron chi connectivity index (χ2n) is 4.91. The van der Waals surface area contributed by atoms with E-state index >= 15 is 0 Å². The summed E-state index contributed by atoms with van der Waals surface area (Å²) >= 11 is 1.45. The van der Waals surface area contributed by atoms with Crippen LogP contribution in [0.2, 0.25) is 0 Å². The minimum atomic E-state index is -0.486. The van der Waals surface area contributed by atoms with Crippen molar-refractivity contribution >= 4 is 29.0 Å². The molecule has 2 aromatic rings. The first-order chi connectivity index (χ1) is 10.5. The summed E-state index contributed by atoms with van der Waals surface area (Å²) < 4.78 is 0. The number of benzene rings is 2. The summed E-state index contributed by atoms with van der Waals surface area (Å²) in [5, 5.41) is 13.4. The number of thioether (sulfide) groups is 1. The minimum absolute atomic E-state index is 0.0417. The number of nitrogens with one attached hydrogen (secondary N) is 1. The van der Waals surface area contributed by atoms with Crippen LogP contribution in [-0.2, 0) is 4.79 Å². The molecule has 1 N–H and O–H groups in total. The monoisotopic (exact) mass is 316 g/mol. The molecular weight excluding hydrogens is 300 g/mol. The zero-order valence-electron chi connectivity index (χ0n) is 12.3. The molecule has 0 bridgehead atoms. The Morgan fingerprint density at radius 1 is 1.23 bits per heavy atom. The average Bonchev–Trinajstić information content (AvgIpc) is 2.48. The number of aryl methyl sites for hydroxylation is 2. The van der Waals surface area contributed by atoms with Crippen LogP contribution in [0.25, 0.3) is 0 Å². The van der Waals surface area contributed by atoms with Crippen molar-refractivity contribution in [2.24, 2.45) is 0 Å². The predicted octanol–water partition coefficient (Wildman–Crippen LogP) is 3.94. The van der Waals surface area contributed by atoms with Crippen LogP contribution < -0.4 is 5.32 Å². The Morgan fingerprint density at radius 3 is 2.73 bits per heavy atom. The van der Waals surface area contributed by atoms with Crippen molar-refractivity contribution in [2.45, 2.75) is 18.7 Å². The number of nitro groups is 1. The fourth-order valence-electron chi connectivity index (χ4n) is 1.90. The molecule has 2 rings (SSSR count). The Labute approximate surface area is 132 Å². The third kappa shape index (κ3) is 4.33. The lowest BCUT2D eigenvalue weighted by Gasteiger charge is -2.08. The van der Waals surface area contributed by atoms with E-state index < -0.39 is 4.92 Å². The normalized spacial score (nSPS) is 10.3. The van der Waals surface area contributed by atoms with Gasteiger partial charge in [-0.3, -0.25) is 14.9 Å². The highest BCUT2D eigenvalue weighted by Crippen LogP contribution is 2.24. The first-order valence-corrected chi connectivity index (χ1v) is 7.68. The standard InChI is InChI=1S/C16H16N2O3S/c1-11-6-7-12(2)15(8-11)22-10-16(19)17-13-4-3-5-14(9-13)18(20)21/h3-9H,10H2,1-2H3,(H,17,19). The number of carbonyl (C=O) groups is 1. The third-order valence-corrected chi connectivity index (χ3v) is 4.20. The number of non-ortho nitro benzene ring substituents is 1. The Hall–Kier alpha value is -2.34.